The van der Waals surface area contributed by atoms with Crippen LogP contribution in [0.3, 0.4) is 0 Å². The number of methoxy groups -OCH3 is 2. The molecule has 1 aromatic carbocycles. The number of halogens is 2. The minimum Gasteiger partial charge on any atom is -0.496 e. The van der Waals surface area contributed by atoms with E-state index in [2.05, 4.69) is 25.9 Å². The van der Waals surface area contributed by atoms with Gasteiger partial charge in [-0.05, 0) is 12.1 Å². The van der Waals surface area contributed by atoms with Crippen LogP contribution in [0.15, 0.2) is 30.6 Å². The van der Waals surface area contributed by atoms with Crippen LogP contribution in [0.5, 0.6) is 11.6 Å². The first-order chi connectivity index (χ1) is 9.65. The zero-order valence-corrected chi connectivity index (χ0v) is 12.7. The molecule has 0 saturated heterocycles. The lowest BCUT2D eigenvalue weighted by molar-refractivity contribution is 0.395. The fraction of sp³-hybridized carbons (Fsp3) is 0.286. The van der Waals surface area contributed by atoms with Crippen LogP contribution in [0.2, 0.25) is 0 Å². The van der Waals surface area contributed by atoms with E-state index < -0.39 is 0 Å². The van der Waals surface area contributed by atoms with Crippen molar-refractivity contribution in [2.24, 2.45) is 0 Å². The van der Waals surface area contributed by atoms with E-state index in [1.807, 2.05) is 0 Å². The minimum atomic E-state index is -0.313. The Hall–Kier alpha value is -1.69. The molecule has 0 aliphatic heterocycles. The summed E-state index contributed by atoms with van der Waals surface area (Å²) in [4.78, 5) is 7.84. The van der Waals surface area contributed by atoms with Gasteiger partial charge < -0.3 is 9.47 Å². The highest BCUT2D eigenvalue weighted by molar-refractivity contribution is 9.09. The highest BCUT2D eigenvalue weighted by Gasteiger charge is 2.19. The van der Waals surface area contributed by atoms with Crippen LogP contribution in [0.1, 0.15) is 16.1 Å². The zero-order chi connectivity index (χ0) is 14.5. The van der Waals surface area contributed by atoms with E-state index >= 15 is 0 Å². The predicted molar refractivity (Wildman–Crippen MR) is 76.9 cm³/mol. The average Bonchev–Trinajstić information content (AvgIpc) is 2.46. The lowest BCUT2D eigenvalue weighted by Gasteiger charge is -2.15. The molecule has 2 aromatic rings. The van der Waals surface area contributed by atoms with Gasteiger partial charge in [-0.1, -0.05) is 22.0 Å². The molecule has 0 N–H and O–H groups in total. The number of aromatic nitrogens is 2. The average molecular weight is 341 g/mol. The van der Waals surface area contributed by atoms with E-state index in [0.29, 0.717) is 23.6 Å². The number of hydrogen-bond acceptors (Lipinski definition) is 4. The first kappa shape index (κ1) is 14.7. The first-order valence-corrected chi connectivity index (χ1v) is 6.88. The first-order valence-electron chi connectivity index (χ1n) is 5.97. The standard InChI is InChI=1S/C14H14BrFN2O2/c1-19-12-5-3-4-11(16)14(12)10(15)6-9-7-13(20-2)18-8-17-9/h3-5,7-8,10H,6H2,1-2H3. The topological polar surface area (TPSA) is 44.2 Å². The van der Waals surface area contributed by atoms with Gasteiger partial charge in [-0.25, -0.2) is 14.4 Å². The van der Waals surface area contributed by atoms with Gasteiger partial charge in [0.05, 0.1) is 19.0 Å². The molecule has 4 nitrogen and oxygen atoms in total. The van der Waals surface area contributed by atoms with Gasteiger partial charge >= 0.3 is 0 Å². The largest absolute Gasteiger partial charge is 0.496 e. The lowest BCUT2D eigenvalue weighted by atomic mass is 10.1. The summed E-state index contributed by atoms with van der Waals surface area (Å²) >= 11 is 3.49. The van der Waals surface area contributed by atoms with Crippen molar-refractivity contribution in [3.05, 3.63) is 47.7 Å². The maximum Gasteiger partial charge on any atom is 0.216 e. The van der Waals surface area contributed by atoms with Crippen molar-refractivity contribution in [1.29, 1.82) is 0 Å². The number of ether oxygens (including phenoxy) is 2. The van der Waals surface area contributed by atoms with Gasteiger partial charge in [-0.3, -0.25) is 0 Å². The summed E-state index contributed by atoms with van der Waals surface area (Å²) in [5, 5.41) is 0. The van der Waals surface area contributed by atoms with Crippen molar-refractivity contribution in [3.8, 4) is 11.6 Å². The number of hydrogen-bond donors (Lipinski definition) is 0. The third-order valence-electron chi connectivity index (χ3n) is 2.84. The summed E-state index contributed by atoms with van der Waals surface area (Å²) in [6.07, 6.45) is 1.92. The Labute approximate surface area is 125 Å². The Kier molecular flexibility index (Phi) is 4.89. The molecule has 1 unspecified atom stereocenters. The van der Waals surface area contributed by atoms with Gasteiger partial charge in [0.1, 0.15) is 17.9 Å². The molecule has 6 heteroatoms. The van der Waals surface area contributed by atoms with Gasteiger partial charge in [0.25, 0.3) is 0 Å². The third kappa shape index (κ3) is 3.25. The number of alkyl halides is 1. The fourth-order valence-corrected chi connectivity index (χ4v) is 2.66. The van der Waals surface area contributed by atoms with Gasteiger partial charge in [-0.2, -0.15) is 0 Å². The van der Waals surface area contributed by atoms with Gasteiger partial charge in [0, 0.05) is 23.7 Å². The minimum absolute atomic E-state index is 0.252. The Balaban J connectivity index is 2.25. The number of benzene rings is 1. The van der Waals surface area contributed by atoms with Crippen molar-refractivity contribution in [2.75, 3.05) is 14.2 Å². The third-order valence-corrected chi connectivity index (χ3v) is 3.62. The SMILES string of the molecule is COc1cc(CC(Br)c2c(F)cccc2OC)ncn1. The van der Waals surface area contributed by atoms with Crippen LogP contribution in [-0.2, 0) is 6.42 Å². The molecule has 0 radical (unpaired) electrons. The Morgan fingerprint density at radius 2 is 2.05 bits per heavy atom. The summed E-state index contributed by atoms with van der Waals surface area (Å²) in [5.41, 5.74) is 1.23. The van der Waals surface area contributed by atoms with Gasteiger partial charge in [-0.15, -0.1) is 0 Å². The van der Waals surface area contributed by atoms with Crippen molar-refractivity contribution in [2.45, 2.75) is 11.2 Å². The maximum absolute atomic E-state index is 14.0. The summed E-state index contributed by atoms with van der Waals surface area (Å²) in [6.45, 7) is 0. The van der Waals surface area contributed by atoms with E-state index in [1.54, 1.807) is 18.2 Å². The van der Waals surface area contributed by atoms with Crippen LogP contribution in [-0.4, -0.2) is 24.2 Å². The Bertz CT molecular complexity index is 595. The molecule has 106 valence electrons. The zero-order valence-electron chi connectivity index (χ0n) is 11.1. The lowest BCUT2D eigenvalue weighted by Crippen LogP contribution is -2.04. The van der Waals surface area contributed by atoms with Gasteiger partial charge in [0.15, 0.2) is 0 Å². The van der Waals surface area contributed by atoms with Crippen molar-refractivity contribution < 1.29 is 13.9 Å². The molecule has 0 bridgehead atoms. The Morgan fingerprint density at radius 3 is 2.75 bits per heavy atom. The molecule has 0 spiro atoms. The van der Waals surface area contributed by atoms with Crippen LogP contribution in [0.25, 0.3) is 0 Å². The second kappa shape index (κ2) is 6.65. The summed E-state index contributed by atoms with van der Waals surface area (Å²) in [7, 11) is 3.06. The van der Waals surface area contributed by atoms with E-state index in [-0.39, 0.29) is 10.6 Å². The molecule has 20 heavy (non-hydrogen) atoms. The van der Waals surface area contributed by atoms with Crippen LogP contribution < -0.4 is 9.47 Å². The molecule has 0 amide bonds. The molecule has 0 aliphatic carbocycles. The maximum atomic E-state index is 14.0. The summed E-state index contributed by atoms with van der Waals surface area (Å²) in [5.74, 6) is 0.676. The van der Waals surface area contributed by atoms with E-state index in [9.17, 15) is 4.39 Å². The highest BCUT2D eigenvalue weighted by atomic mass is 79.9. The van der Waals surface area contributed by atoms with E-state index in [1.165, 1.54) is 26.6 Å². The summed E-state index contributed by atoms with van der Waals surface area (Å²) < 4.78 is 24.2. The van der Waals surface area contributed by atoms with Crippen molar-refractivity contribution in [1.82, 2.24) is 9.97 Å². The molecule has 0 fully saturated rings. The molecule has 0 saturated carbocycles. The fourth-order valence-electron chi connectivity index (χ4n) is 1.89. The number of rotatable bonds is 5. The van der Waals surface area contributed by atoms with E-state index in [4.69, 9.17) is 9.47 Å². The van der Waals surface area contributed by atoms with Crippen LogP contribution >= 0.6 is 15.9 Å². The molecule has 1 atom stereocenters. The van der Waals surface area contributed by atoms with Crippen LogP contribution in [0, 0.1) is 5.82 Å². The Morgan fingerprint density at radius 1 is 1.25 bits per heavy atom. The monoisotopic (exact) mass is 340 g/mol. The van der Waals surface area contributed by atoms with E-state index in [0.717, 1.165) is 5.69 Å². The molecular formula is C14H14BrFN2O2. The van der Waals surface area contributed by atoms with Crippen LogP contribution in [0.4, 0.5) is 4.39 Å². The second-order valence-corrected chi connectivity index (χ2v) is 5.18. The molecule has 0 aliphatic rings. The predicted octanol–water partition coefficient (Wildman–Crippen LogP) is 3.31. The number of nitrogens with zero attached hydrogens (tertiary/aromatic N) is 2. The van der Waals surface area contributed by atoms with Crippen molar-refractivity contribution in [3.63, 3.8) is 0 Å². The second-order valence-electron chi connectivity index (χ2n) is 4.08. The smallest absolute Gasteiger partial charge is 0.216 e. The molecular weight excluding hydrogens is 327 g/mol. The summed E-state index contributed by atoms with van der Waals surface area (Å²) in [6, 6.07) is 6.48. The molecule has 1 aromatic heterocycles. The van der Waals surface area contributed by atoms with Gasteiger partial charge in [0.2, 0.25) is 5.88 Å². The molecule has 2 rings (SSSR count). The quantitative estimate of drug-likeness (QED) is 0.783. The molecule has 1 heterocycles. The van der Waals surface area contributed by atoms with Crippen molar-refractivity contribution >= 4 is 15.9 Å². The normalized spacial score (nSPS) is 12.0. The highest BCUT2D eigenvalue weighted by Crippen LogP contribution is 2.35.